The molecule has 0 bridgehead atoms. The van der Waals surface area contributed by atoms with Crippen LogP contribution in [0.2, 0.25) is 0 Å². The molecule has 0 radical (unpaired) electrons. The molecule has 0 amide bonds. The molecule has 0 saturated heterocycles. The van der Waals surface area contributed by atoms with Crippen LogP contribution < -0.4 is 65.5 Å². The van der Waals surface area contributed by atoms with Crippen molar-refractivity contribution >= 4 is 16.3 Å². The molecule has 0 saturated carbocycles. The van der Waals surface area contributed by atoms with Crippen LogP contribution in [0.1, 0.15) is 83.1 Å². The Balaban J connectivity index is 0.00000729. The van der Waals surface area contributed by atoms with Crippen LogP contribution in [0, 0.1) is 0 Å². The van der Waals surface area contributed by atoms with Gasteiger partial charge in [-0.2, -0.15) is 0 Å². The minimum absolute atomic E-state index is 0. The Hall–Kier alpha value is 1.12. The van der Waals surface area contributed by atoms with Gasteiger partial charge in [0, 0.05) is 26.7 Å². The van der Waals surface area contributed by atoms with Crippen molar-refractivity contribution in [1.29, 1.82) is 0 Å². The summed E-state index contributed by atoms with van der Waals surface area (Å²) in [4.78, 5) is 0. The summed E-state index contributed by atoms with van der Waals surface area (Å²) >= 11 is 0. The molecule has 1 aromatic carbocycles. The zero-order valence-electron chi connectivity index (χ0n) is 20.4. The standard InChI is InChI=1S/C22H40O3P2.K/c1-19(2,3)26(20(4,5)6)24-17-13-16(23)14-18(15-17)25-27(21(7,8)9)22(10,11)12;/h13-15,23H,1-12H3;/q;+1/p-1. The molecule has 0 heterocycles. The van der Waals surface area contributed by atoms with Crippen molar-refractivity contribution < 1.29 is 65.5 Å². The zero-order valence-corrected chi connectivity index (χ0v) is 25.3. The van der Waals surface area contributed by atoms with Gasteiger partial charge < -0.3 is 14.2 Å². The molecule has 0 aliphatic rings. The maximum atomic E-state index is 12.3. The molecule has 0 aromatic heterocycles. The molecule has 1 rings (SSSR count). The Bertz CT molecular complexity index is 555. The summed E-state index contributed by atoms with van der Waals surface area (Å²) in [7, 11) is -1.60. The fourth-order valence-electron chi connectivity index (χ4n) is 3.42. The van der Waals surface area contributed by atoms with Crippen molar-refractivity contribution in [3.63, 3.8) is 0 Å². The average molecular weight is 453 g/mol. The Morgan fingerprint density at radius 3 is 1.04 bits per heavy atom. The topological polar surface area (TPSA) is 41.5 Å². The Morgan fingerprint density at radius 2 is 0.821 bits per heavy atom. The summed E-state index contributed by atoms with van der Waals surface area (Å²) in [6.07, 6.45) is 0. The van der Waals surface area contributed by atoms with Gasteiger partial charge in [-0.15, -0.1) is 5.75 Å². The number of hydrogen-bond donors (Lipinski definition) is 0. The second-order valence-electron chi connectivity index (χ2n) is 11.1. The first-order valence-electron chi connectivity index (χ1n) is 9.60. The van der Waals surface area contributed by atoms with E-state index in [0.717, 1.165) is 0 Å². The molecule has 0 unspecified atom stereocenters. The van der Waals surface area contributed by atoms with Crippen molar-refractivity contribution in [2.75, 3.05) is 0 Å². The molecule has 156 valence electrons. The van der Waals surface area contributed by atoms with Crippen LogP contribution in [0.25, 0.3) is 0 Å². The van der Waals surface area contributed by atoms with Crippen molar-refractivity contribution in [1.82, 2.24) is 0 Å². The Morgan fingerprint density at radius 1 is 0.571 bits per heavy atom. The van der Waals surface area contributed by atoms with E-state index < -0.39 is 16.3 Å². The van der Waals surface area contributed by atoms with Crippen molar-refractivity contribution in [2.24, 2.45) is 0 Å². The van der Waals surface area contributed by atoms with Gasteiger partial charge in [0.2, 0.25) is 0 Å². The molecule has 3 nitrogen and oxygen atoms in total. The third kappa shape index (κ3) is 9.09. The third-order valence-electron chi connectivity index (χ3n) is 3.68. The predicted molar refractivity (Wildman–Crippen MR) is 120 cm³/mol. The molecule has 0 fully saturated rings. The monoisotopic (exact) mass is 452 g/mol. The van der Waals surface area contributed by atoms with Gasteiger partial charge in [-0.1, -0.05) is 83.1 Å². The molecule has 28 heavy (non-hydrogen) atoms. The van der Waals surface area contributed by atoms with Gasteiger partial charge in [-0.05, 0) is 12.1 Å². The van der Waals surface area contributed by atoms with E-state index in [-0.39, 0.29) is 77.8 Å². The number of rotatable bonds is 4. The first-order valence-corrected chi connectivity index (χ1v) is 12.1. The molecule has 0 aliphatic heterocycles. The van der Waals surface area contributed by atoms with Gasteiger partial charge in [0.15, 0.2) is 0 Å². The van der Waals surface area contributed by atoms with E-state index in [4.69, 9.17) is 9.05 Å². The predicted octanol–water partition coefficient (Wildman–Crippen LogP) is 4.51. The maximum absolute atomic E-state index is 12.3. The van der Waals surface area contributed by atoms with E-state index >= 15 is 0 Å². The van der Waals surface area contributed by atoms with Crippen molar-refractivity contribution in [3.8, 4) is 17.2 Å². The molecule has 6 heteroatoms. The fraction of sp³-hybridized carbons (Fsp3) is 0.727. The summed E-state index contributed by atoms with van der Waals surface area (Å²) in [5.41, 5.74) is 0. The number of hydrogen-bond acceptors (Lipinski definition) is 3. The van der Waals surface area contributed by atoms with E-state index in [1.165, 1.54) is 0 Å². The molecule has 0 spiro atoms. The van der Waals surface area contributed by atoms with Crippen LogP contribution >= 0.6 is 16.3 Å². The van der Waals surface area contributed by atoms with Gasteiger partial charge in [0.1, 0.15) is 11.5 Å². The van der Waals surface area contributed by atoms with Gasteiger partial charge in [-0.25, -0.2) is 0 Å². The van der Waals surface area contributed by atoms with Crippen LogP contribution in [0.3, 0.4) is 0 Å². The van der Waals surface area contributed by atoms with Gasteiger partial charge in [0.25, 0.3) is 0 Å². The Kier molecular flexibility index (Phi) is 10.6. The van der Waals surface area contributed by atoms with Crippen molar-refractivity contribution in [2.45, 2.75) is 104 Å². The summed E-state index contributed by atoms with van der Waals surface area (Å²) in [6.45, 7) is 26.3. The molecule has 1 aromatic rings. The van der Waals surface area contributed by atoms with Crippen LogP contribution in [-0.4, -0.2) is 20.6 Å². The van der Waals surface area contributed by atoms with E-state index in [1.807, 2.05) is 6.07 Å². The molecule has 0 aliphatic carbocycles. The largest absolute Gasteiger partial charge is 1.00 e. The van der Waals surface area contributed by atoms with E-state index in [9.17, 15) is 5.11 Å². The fourth-order valence-corrected chi connectivity index (χ4v) is 9.17. The van der Waals surface area contributed by atoms with E-state index in [1.54, 1.807) is 12.1 Å². The minimum Gasteiger partial charge on any atom is -0.872 e. The second kappa shape index (κ2) is 10.2. The third-order valence-corrected chi connectivity index (χ3v) is 9.34. The summed E-state index contributed by atoms with van der Waals surface area (Å²) < 4.78 is 12.8. The molecular formula is C22H39KO3P2. The second-order valence-corrected chi connectivity index (χ2v) is 18.0. The maximum Gasteiger partial charge on any atom is 1.00 e. The minimum atomic E-state index is -0.798. The molecule has 0 N–H and O–H groups in total. The van der Waals surface area contributed by atoms with Gasteiger partial charge in [-0.3, -0.25) is 0 Å². The smallest absolute Gasteiger partial charge is 0.872 e. The van der Waals surface area contributed by atoms with Crippen LogP contribution in [0.4, 0.5) is 0 Å². The average Bonchev–Trinajstić information content (AvgIpc) is 2.36. The first-order chi connectivity index (χ1) is 11.8. The van der Waals surface area contributed by atoms with E-state index in [0.29, 0.717) is 11.5 Å². The van der Waals surface area contributed by atoms with Gasteiger partial charge >= 0.3 is 51.4 Å². The van der Waals surface area contributed by atoms with Crippen molar-refractivity contribution in [3.05, 3.63) is 18.2 Å². The summed E-state index contributed by atoms with van der Waals surface area (Å²) in [6, 6.07) is 5.05. The summed E-state index contributed by atoms with van der Waals surface area (Å²) in [5, 5.41) is 12.4. The molecule has 0 atom stereocenters. The Labute approximate surface area is 218 Å². The van der Waals surface area contributed by atoms with Crippen LogP contribution in [-0.2, 0) is 0 Å². The summed E-state index contributed by atoms with van der Waals surface area (Å²) in [5.74, 6) is 1.16. The van der Waals surface area contributed by atoms with Crippen LogP contribution in [0.15, 0.2) is 18.2 Å². The SMILES string of the molecule is CC(C)(C)P(Oc1cc([O-])cc(OP(C(C)(C)C)C(C)(C)C)c1)C(C)(C)C.[K+]. The van der Waals surface area contributed by atoms with Crippen LogP contribution in [0.5, 0.6) is 17.2 Å². The normalized spacial score (nSPS) is 13.5. The molecular weight excluding hydrogens is 413 g/mol. The van der Waals surface area contributed by atoms with Gasteiger partial charge in [0.05, 0.1) is 16.3 Å². The zero-order chi connectivity index (χ0) is 21.4. The first kappa shape index (κ1) is 29.1. The number of benzene rings is 1. The quantitative estimate of drug-likeness (QED) is 0.499. The van der Waals surface area contributed by atoms with E-state index in [2.05, 4.69) is 83.1 Å².